The molecule has 2 N–H and O–H groups in total. The molecule has 1 aromatic carbocycles. The molecule has 130 valence electrons. The maximum atomic E-state index is 11.6. The van der Waals surface area contributed by atoms with E-state index in [0.29, 0.717) is 37.4 Å². The Morgan fingerprint density at radius 1 is 1.38 bits per heavy atom. The van der Waals surface area contributed by atoms with Crippen molar-refractivity contribution >= 4 is 12.0 Å². The number of fused-ring (bicyclic) bond motifs is 1. The molecule has 0 saturated carbocycles. The molecule has 1 heterocycles. The summed E-state index contributed by atoms with van der Waals surface area (Å²) in [7, 11) is 0. The predicted octanol–water partition coefficient (Wildman–Crippen LogP) is 2.78. The lowest BCUT2D eigenvalue weighted by Gasteiger charge is -2.19. The second kappa shape index (κ2) is 7.38. The van der Waals surface area contributed by atoms with Crippen molar-refractivity contribution < 1.29 is 19.1 Å². The van der Waals surface area contributed by atoms with Gasteiger partial charge in [0, 0.05) is 18.7 Å². The standard InChI is InChI=1S/C18H24N2O4/c1-12(7-8-19-17(22)24-18(2,3)4)11-23-14-6-5-13-10-20-16(21)15(13)9-14/h5-6,9H,1,7-8,10-11H2,2-4H3,(H,19,22)(H,20,21). The first kappa shape index (κ1) is 17.8. The number of hydrogen-bond donors (Lipinski definition) is 2. The van der Waals surface area contributed by atoms with E-state index in [1.165, 1.54) is 0 Å². The largest absolute Gasteiger partial charge is 0.489 e. The molecule has 0 aliphatic carbocycles. The fourth-order valence-electron chi connectivity index (χ4n) is 2.19. The summed E-state index contributed by atoms with van der Waals surface area (Å²) in [6, 6.07) is 5.46. The highest BCUT2D eigenvalue weighted by Gasteiger charge is 2.19. The third-order valence-electron chi connectivity index (χ3n) is 3.36. The predicted molar refractivity (Wildman–Crippen MR) is 91.1 cm³/mol. The van der Waals surface area contributed by atoms with Crippen molar-refractivity contribution in [3.8, 4) is 5.75 Å². The second-order valence-corrected chi connectivity index (χ2v) is 6.72. The average molecular weight is 332 g/mol. The van der Waals surface area contributed by atoms with Gasteiger partial charge in [0.05, 0.1) is 0 Å². The Bertz CT molecular complexity index is 647. The van der Waals surface area contributed by atoms with E-state index in [1.807, 2.05) is 32.9 Å². The van der Waals surface area contributed by atoms with E-state index in [4.69, 9.17) is 9.47 Å². The zero-order valence-corrected chi connectivity index (χ0v) is 14.4. The Morgan fingerprint density at radius 2 is 2.12 bits per heavy atom. The summed E-state index contributed by atoms with van der Waals surface area (Å²) in [5.74, 6) is 0.558. The van der Waals surface area contributed by atoms with Crippen LogP contribution in [-0.4, -0.2) is 30.8 Å². The van der Waals surface area contributed by atoms with Gasteiger partial charge in [0.15, 0.2) is 0 Å². The topological polar surface area (TPSA) is 76.7 Å². The van der Waals surface area contributed by atoms with Crippen molar-refractivity contribution in [2.45, 2.75) is 39.3 Å². The van der Waals surface area contributed by atoms with Crippen molar-refractivity contribution in [1.82, 2.24) is 10.6 Å². The van der Waals surface area contributed by atoms with Crippen LogP contribution in [0.2, 0.25) is 0 Å². The Labute approximate surface area is 142 Å². The number of rotatable bonds is 6. The van der Waals surface area contributed by atoms with Gasteiger partial charge in [-0.25, -0.2) is 4.79 Å². The Morgan fingerprint density at radius 3 is 2.83 bits per heavy atom. The zero-order chi connectivity index (χ0) is 17.7. The van der Waals surface area contributed by atoms with Crippen LogP contribution in [0, 0.1) is 0 Å². The first-order valence-electron chi connectivity index (χ1n) is 7.92. The van der Waals surface area contributed by atoms with Gasteiger partial charge in [-0.1, -0.05) is 12.6 Å². The first-order chi connectivity index (χ1) is 11.2. The van der Waals surface area contributed by atoms with Crippen LogP contribution >= 0.6 is 0 Å². The molecule has 0 unspecified atom stereocenters. The number of hydrogen-bond acceptors (Lipinski definition) is 4. The van der Waals surface area contributed by atoms with Crippen LogP contribution in [0.15, 0.2) is 30.4 Å². The number of carbonyl (C=O) groups is 2. The highest BCUT2D eigenvalue weighted by Crippen LogP contribution is 2.22. The molecule has 0 saturated heterocycles. The van der Waals surface area contributed by atoms with Crippen LogP contribution in [0.5, 0.6) is 5.75 Å². The van der Waals surface area contributed by atoms with Crippen LogP contribution in [0.4, 0.5) is 4.79 Å². The van der Waals surface area contributed by atoms with Crippen LogP contribution in [0.25, 0.3) is 0 Å². The molecule has 1 aromatic rings. The third kappa shape index (κ3) is 5.30. The molecular formula is C18H24N2O4. The van der Waals surface area contributed by atoms with Crippen molar-refractivity contribution in [2.75, 3.05) is 13.2 Å². The average Bonchev–Trinajstić information content (AvgIpc) is 2.84. The van der Waals surface area contributed by atoms with Gasteiger partial charge >= 0.3 is 6.09 Å². The molecule has 1 aliphatic rings. The van der Waals surface area contributed by atoms with Crippen LogP contribution < -0.4 is 15.4 Å². The van der Waals surface area contributed by atoms with E-state index in [1.54, 1.807) is 6.07 Å². The van der Waals surface area contributed by atoms with E-state index in [-0.39, 0.29) is 5.91 Å². The molecule has 2 amide bonds. The molecule has 6 heteroatoms. The summed E-state index contributed by atoms with van der Waals surface area (Å²) in [6.45, 7) is 10.7. The van der Waals surface area contributed by atoms with Crippen molar-refractivity contribution in [1.29, 1.82) is 0 Å². The van der Waals surface area contributed by atoms with Crippen molar-refractivity contribution in [2.24, 2.45) is 0 Å². The van der Waals surface area contributed by atoms with Crippen LogP contribution in [0.1, 0.15) is 43.1 Å². The van der Waals surface area contributed by atoms with E-state index in [0.717, 1.165) is 11.1 Å². The highest BCUT2D eigenvalue weighted by molar-refractivity contribution is 5.98. The summed E-state index contributed by atoms with van der Waals surface area (Å²) in [5.41, 5.74) is 1.97. The third-order valence-corrected chi connectivity index (χ3v) is 3.36. The second-order valence-electron chi connectivity index (χ2n) is 6.72. The highest BCUT2D eigenvalue weighted by atomic mass is 16.6. The summed E-state index contributed by atoms with van der Waals surface area (Å²) in [6.07, 6.45) is 0.144. The van der Waals surface area contributed by atoms with Crippen molar-refractivity contribution in [3.05, 3.63) is 41.5 Å². The van der Waals surface area contributed by atoms with E-state index in [9.17, 15) is 9.59 Å². The monoisotopic (exact) mass is 332 g/mol. The molecule has 24 heavy (non-hydrogen) atoms. The van der Waals surface area contributed by atoms with E-state index >= 15 is 0 Å². The SMILES string of the molecule is C=C(CCNC(=O)OC(C)(C)C)COc1ccc2c(c1)C(=O)NC2. The Kier molecular flexibility index (Phi) is 5.49. The van der Waals surface area contributed by atoms with Crippen molar-refractivity contribution in [3.63, 3.8) is 0 Å². The molecule has 0 aromatic heterocycles. The van der Waals surface area contributed by atoms with Gasteiger partial charge in [-0.05, 0) is 50.5 Å². The lowest BCUT2D eigenvalue weighted by atomic mass is 10.1. The van der Waals surface area contributed by atoms with E-state index < -0.39 is 11.7 Å². The number of ether oxygens (including phenoxy) is 2. The molecule has 0 atom stereocenters. The molecule has 0 radical (unpaired) electrons. The zero-order valence-electron chi connectivity index (χ0n) is 14.4. The quantitative estimate of drug-likeness (QED) is 0.785. The van der Waals surface area contributed by atoms with Crippen LogP contribution in [0.3, 0.4) is 0 Å². The minimum atomic E-state index is -0.510. The first-order valence-corrected chi connectivity index (χ1v) is 7.92. The summed E-state index contributed by atoms with van der Waals surface area (Å²) < 4.78 is 10.8. The molecule has 2 rings (SSSR count). The Hall–Kier alpha value is -2.50. The minimum Gasteiger partial charge on any atom is -0.489 e. The fourth-order valence-corrected chi connectivity index (χ4v) is 2.19. The molecule has 0 bridgehead atoms. The number of alkyl carbamates (subject to hydrolysis) is 1. The number of nitrogens with one attached hydrogen (secondary N) is 2. The van der Waals surface area contributed by atoms with Gasteiger partial charge in [0.25, 0.3) is 5.91 Å². The maximum Gasteiger partial charge on any atom is 0.407 e. The van der Waals surface area contributed by atoms with Gasteiger partial charge in [-0.2, -0.15) is 0 Å². The normalized spacial score (nSPS) is 13.0. The summed E-state index contributed by atoms with van der Waals surface area (Å²) in [4.78, 5) is 23.2. The van der Waals surface area contributed by atoms with Gasteiger partial charge in [0.2, 0.25) is 0 Å². The van der Waals surface area contributed by atoms with E-state index in [2.05, 4.69) is 17.2 Å². The number of benzene rings is 1. The molecule has 0 fully saturated rings. The van der Waals surface area contributed by atoms with Crippen LogP contribution in [-0.2, 0) is 11.3 Å². The Balaban J connectivity index is 1.71. The van der Waals surface area contributed by atoms with Gasteiger partial charge in [0.1, 0.15) is 18.0 Å². The van der Waals surface area contributed by atoms with Gasteiger partial charge in [-0.3, -0.25) is 4.79 Å². The lowest BCUT2D eigenvalue weighted by Crippen LogP contribution is -2.33. The smallest absolute Gasteiger partial charge is 0.407 e. The summed E-state index contributed by atoms with van der Waals surface area (Å²) in [5, 5.41) is 5.45. The lowest BCUT2D eigenvalue weighted by molar-refractivity contribution is 0.0528. The maximum absolute atomic E-state index is 11.6. The number of amides is 2. The molecular weight excluding hydrogens is 308 g/mol. The minimum absolute atomic E-state index is 0.0733. The fraction of sp³-hybridized carbons (Fsp3) is 0.444. The summed E-state index contributed by atoms with van der Waals surface area (Å²) >= 11 is 0. The van der Waals surface area contributed by atoms with Gasteiger partial charge in [-0.15, -0.1) is 0 Å². The molecule has 6 nitrogen and oxygen atoms in total. The molecule has 1 aliphatic heterocycles. The number of carbonyl (C=O) groups excluding carboxylic acids is 2. The molecule has 0 spiro atoms. The van der Waals surface area contributed by atoms with Gasteiger partial charge < -0.3 is 20.1 Å².